The second kappa shape index (κ2) is 6.00. The average Bonchev–Trinajstić information content (AvgIpc) is 3.08. The number of hydrogen-bond acceptors (Lipinski definition) is 3. The maximum Gasteiger partial charge on any atom is 0.138 e. The highest BCUT2D eigenvalue weighted by molar-refractivity contribution is 9.10. The smallest absolute Gasteiger partial charge is 0.138 e. The molecule has 0 aliphatic carbocycles. The Labute approximate surface area is 148 Å². The van der Waals surface area contributed by atoms with E-state index in [0.29, 0.717) is 17.2 Å². The molecule has 1 N–H and O–H groups in total. The molecule has 0 spiro atoms. The molecule has 2 heterocycles. The fraction of sp³-hybridized carbons (Fsp3) is 0.333. The third-order valence-electron chi connectivity index (χ3n) is 4.43. The Balaban J connectivity index is 1.75. The molecule has 120 valence electrons. The Morgan fingerprint density at radius 1 is 1.13 bits per heavy atom. The lowest BCUT2D eigenvalue weighted by Gasteiger charge is -2.21. The molecule has 0 amide bonds. The van der Waals surface area contributed by atoms with Gasteiger partial charge in [-0.2, -0.15) is 0 Å². The fourth-order valence-electron chi connectivity index (χ4n) is 3.25. The Kier molecular flexibility index (Phi) is 4.00. The van der Waals surface area contributed by atoms with Gasteiger partial charge in [-0.15, -0.1) is 0 Å². The molecule has 1 atom stereocenters. The zero-order valence-electron chi connectivity index (χ0n) is 12.4. The molecule has 0 saturated carbocycles. The second-order valence-corrected chi connectivity index (χ2v) is 7.12. The number of halogens is 2. The van der Waals surface area contributed by atoms with Crippen molar-refractivity contribution < 1.29 is 14.6 Å². The number of ether oxygens (including phenoxy) is 2. The van der Waals surface area contributed by atoms with Crippen molar-refractivity contribution in [1.82, 2.24) is 0 Å². The van der Waals surface area contributed by atoms with Crippen molar-refractivity contribution in [3.8, 4) is 11.5 Å². The summed E-state index contributed by atoms with van der Waals surface area (Å²) in [5.41, 5.74) is 3.66. The van der Waals surface area contributed by atoms with Crippen LogP contribution in [0, 0.1) is 0 Å². The topological polar surface area (TPSA) is 38.7 Å². The van der Waals surface area contributed by atoms with Crippen LogP contribution in [0.5, 0.6) is 11.5 Å². The highest BCUT2D eigenvalue weighted by atomic mass is 79.9. The monoisotopic (exact) mass is 394 g/mol. The maximum atomic E-state index is 10.8. The molecule has 2 aromatic carbocycles. The van der Waals surface area contributed by atoms with Crippen molar-refractivity contribution in [3.63, 3.8) is 0 Å². The summed E-state index contributed by atoms with van der Waals surface area (Å²) in [7, 11) is 0. The summed E-state index contributed by atoms with van der Waals surface area (Å²) < 4.78 is 12.1. The Hall–Kier alpha value is -1.23. The van der Waals surface area contributed by atoms with E-state index < -0.39 is 6.10 Å². The van der Waals surface area contributed by atoms with Crippen LogP contribution in [0.3, 0.4) is 0 Å². The number of aliphatic hydroxyl groups excluding tert-OH is 1. The van der Waals surface area contributed by atoms with Gasteiger partial charge in [-0.1, -0.05) is 17.7 Å². The van der Waals surface area contributed by atoms with Crippen LogP contribution in [0.4, 0.5) is 0 Å². The third kappa shape index (κ3) is 2.63. The first-order chi connectivity index (χ1) is 11.1. The quantitative estimate of drug-likeness (QED) is 0.817. The molecule has 23 heavy (non-hydrogen) atoms. The van der Waals surface area contributed by atoms with Crippen LogP contribution in [-0.2, 0) is 12.8 Å². The third-order valence-corrected chi connectivity index (χ3v) is 5.47. The zero-order valence-corrected chi connectivity index (χ0v) is 14.8. The highest BCUT2D eigenvalue weighted by Gasteiger charge is 2.25. The summed E-state index contributed by atoms with van der Waals surface area (Å²) >= 11 is 10.0. The number of aryl methyl sites for hydroxylation is 1. The van der Waals surface area contributed by atoms with Gasteiger partial charge >= 0.3 is 0 Å². The minimum Gasteiger partial charge on any atom is -0.493 e. The molecule has 0 saturated heterocycles. The second-order valence-electron chi connectivity index (χ2n) is 5.89. The summed E-state index contributed by atoms with van der Waals surface area (Å²) in [6.45, 7) is 1.39. The minimum absolute atomic E-state index is 0.599. The lowest BCUT2D eigenvalue weighted by molar-refractivity contribution is 0.219. The first-order valence-electron chi connectivity index (χ1n) is 7.72. The number of benzene rings is 2. The molecule has 3 nitrogen and oxygen atoms in total. The molecule has 2 aliphatic rings. The number of hydrogen-bond donors (Lipinski definition) is 1. The first-order valence-corrected chi connectivity index (χ1v) is 8.89. The van der Waals surface area contributed by atoms with Gasteiger partial charge in [-0.3, -0.25) is 0 Å². The molecular weight excluding hydrogens is 380 g/mol. The molecule has 4 rings (SSSR count). The van der Waals surface area contributed by atoms with E-state index in [9.17, 15) is 5.11 Å². The summed E-state index contributed by atoms with van der Waals surface area (Å²) in [6, 6.07) is 7.72. The summed E-state index contributed by atoms with van der Waals surface area (Å²) in [6.07, 6.45) is 1.99. The predicted molar refractivity (Wildman–Crippen MR) is 92.7 cm³/mol. The van der Waals surface area contributed by atoms with E-state index in [-0.39, 0.29) is 0 Å². The maximum absolute atomic E-state index is 10.8. The predicted octanol–water partition coefficient (Wildman–Crippen LogP) is 4.44. The Morgan fingerprint density at radius 3 is 2.87 bits per heavy atom. The van der Waals surface area contributed by atoms with Crippen LogP contribution in [0.15, 0.2) is 28.7 Å². The van der Waals surface area contributed by atoms with Gasteiger partial charge in [0.05, 0.1) is 22.7 Å². The van der Waals surface area contributed by atoms with Gasteiger partial charge in [0, 0.05) is 17.5 Å². The summed E-state index contributed by atoms with van der Waals surface area (Å²) in [4.78, 5) is 0. The van der Waals surface area contributed by atoms with Crippen LogP contribution < -0.4 is 9.47 Å². The van der Waals surface area contributed by atoms with Crippen molar-refractivity contribution in [1.29, 1.82) is 0 Å². The van der Waals surface area contributed by atoms with E-state index in [4.69, 9.17) is 21.1 Å². The molecule has 5 heteroatoms. The van der Waals surface area contributed by atoms with Gasteiger partial charge in [0.1, 0.15) is 17.6 Å². The van der Waals surface area contributed by atoms with Crippen LogP contribution in [0.2, 0.25) is 5.02 Å². The van der Waals surface area contributed by atoms with Crippen LogP contribution in [-0.4, -0.2) is 18.3 Å². The lowest BCUT2D eigenvalue weighted by atomic mass is 9.95. The van der Waals surface area contributed by atoms with Crippen LogP contribution >= 0.6 is 27.5 Å². The van der Waals surface area contributed by atoms with Gasteiger partial charge < -0.3 is 14.6 Å². The first kappa shape index (κ1) is 15.3. The van der Waals surface area contributed by atoms with E-state index in [1.54, 1.807) is 0 Å². The number of aliphatic hydroxyl groups is 1. The molecule has 2 aliphatic heterocycles. The summed E-state index contributed by atoms with van der Waals surface area (Å²) in [5, 5.41) is 11.4. The summed E-state index contributed by atoms with van der Waals surface area (Å²) in [5.74, 6) is 1.71. The lowest BCUT2D eigenvalue weighted by Crippen LogP contribution is -2.10. The molecular formula is C18H16BrClO3. The van der Waals surface area contributed by atoms with Crippen LogP contribution in [0.25, 0.3) is 0 Å². The van der Waals surface area contributed by atoms with Gasteiger partial charge in [0.2, 0.25) is 0 Å². The average molecular weight is 396 g/mol. The van der Waals surface area contributed by atoms with Crippen molar-refractivity contribution in [2.24, 2.45) is 0 Å². The van der Waals surface area contributed by atoms with E-state index in [0.717, 1.165) is 58.5 Å². The molecule has 0 aromatic heterocycles. The highest BCUT2D eigenvalue weighted by Crippen LogP contribution is 2.43. The zero-order chi connectivity index (χ0) is 16.0. The van der Waals surface area contributed by atoms with Gasteiger partial charge in [0.25, 0.3) is 0 Å². The minimum atomic E-state index is -0.767. The SMILES string of the molecule is OC(c1ccc2c(c1)CCCO2)c1cc(Br)c2c(c1Cl)CCO2. The fourth-order valence-corrected chi connectivity index (χ4v) is 4.19. The molecule has 2 aromatic rings. The molecule has 0 bridgehead atoms. The van der Waals surface area contributed by atoms with Crippen molar-refractivity contribution >= 4 is 27.5 Å². The number of fused-ring (bicyclic) bond motifs is 2. The van der Waals surface area contributed by atoms with E-state index >= 15 is 0 Å². The van der Waals surface area contributed by atoms with Gasteiger partial charge in [-0.25, -0.2) is 0 Å². The molecule has 1 unspecified atom stereocenters. The largest absolute Gasteiger partial charge is 0.493 e. The Bertz CT molecular complexity index is 775. The molecule has 0 radical (unpaired) electrons. The normalized spacial score (nSPS) is 17.0. The van der Waals surface area contributed by atoms with Crippen LogP contribution in [0.1, 0.15) is 34.8 Å². The Morgan fingerprint density at radius 2 is 2.00 bits per heavy atom. The van der Waals surface area contributed by atoms with E-state index in [2.05, 4.69) is 15.9 Å². The van der Waals surface area contributed by atoms with Gasteiger partial charge in [-0.05, 0) is 58.1 Å². The van der Waals surface area contributed by atoms with E-state index in [1.807, 2.05) is 24.3 Å². The number of rotatable bonds is 2. The molecule has 0 fully saturated rings. The van der Waals surface area contributed by atoms with Gasteiger partial charge in [0.15, 0.2) is 0 Å². The van der Waals surface area contributed by atoms with Crippen molar-refractivity contribution in [3.05, 3.63) is 56.0 Å². The van der Waals surface area contributed by atoms with Crippen molar-refractivity contribution in [2.75, 3.05) is 13.2 Å². The van der Waals surface area contributed by atoms with E-state index in [1.165, 1.54) is 0 Å². The van der Waals surface area contributed by atoms with Crippen molar-refractivity contribution in [2.45, 2.75) is 25.4 Å². The standard InChI is InChI=1S/C18H16BrClO3/c19-14-9-13(16(20)12-5-7-23-18(12)14)17(21)11-3-4-15-10(8-11)2-1-6-22-15/h3-4,8-9,17,21H,1-2,5-7H2.